The lowest BCUT2D eigenvalue weighted by Crippen LogP contribution is -2.35. The molecule has 0 atom stereocenters. The lowest BCUT2D eigenvalue weighted by Gasteiger charge is -2.31. The van der Waals surface area contributed by atoms with Crippen LogP contribution < -0.4 is 4.74 Å². The van der Waals surface area contributed by atoms with E-state index in [1.807, 2.05) is 30.3 Å². The van der Waals surface area contributed by atoms with E-state index in [4.69, 9.17) is 4.74 Å². The van der Waals surface area contributed by atoms with E-state index >= 15 is 0 Å². The Balaban J connectivity index is 1.34. The number of aromatic nitrogens is 1. The first kappa shape index (κ1) is 20.0. The van der Waals surface area contributed by atoms with Crippen LogP contribution in [0.25, 0.3) is 10.9 Å². The molecule has 0 aliphatic carbocycles. The molecule has 29 heavy (non-hydrogen) atoms. The smallest absolute Gasteiger partial charge is 0.119 e. The fourth-order valence-electron chi connectivity index (χ4n) is 4.59. The summed E-state index contributed by atoms with van der Waals surface area (Å²) < 4.78 is 8.38. The molecule has 2 heterocycles. The minimum Gasteiger partial charge on any atom is -0.492 e. The maximum Gasteiger partial charge on any atom is 0.119 e. The second kappa shape index (κ2) is 9.98. The minimum absolute atomic E-state index is 0.679. The first-order chi connectivity index (χ1) is 14.3. The van der Waals surface area contributed by atoms with Gasteiger partial charge in [0.25, 0.3) is 0 Å². The van der Waals surface area contributed by atoms with E-state index in [0.29, 0.717) is 5.92 Å². The van der Waals surface area contributed by atoms with Gasteiger partial charge in [0.2, 0.25) is 0 Å². The zero-order valence-electron chi connectivity index (χ0n) is 17.7. The summed E-state index contributed by atoms with van der Waals surface area (Å²) in [7, 11) is 0. The second-order valence-corrected chi connectivity index (χ2v) is 8.28. The summed E-state index contributed by atoms with van der Waals surface area (Å²) in [5.74, 6) is 1.65. The first-order valence-electron chi connectivity index (χ1n) is 11.3. The van der Waals surface area contributed by atoms with Crippen molar-refractivity contribution < 1.29 is 4.74 Å². The number of piperidine rings is 1. The lowest BCUT2D eigenvalue weighted by molar-refractivity contribution is 0.173. The summed E-state index contributed by atoms with van der Waals surface area (Å²) in [4.78, 5) is 2.56. The molecule has 4 rings (SSSR count). The summed E-state index contributed by atoms with van der Waals surface area (Å²) in [6.45, 7) is 7.53. The quantitative estimate of drug-likeness (QED) is 0.411. The molecule has 1 aliphatic rings. The number of fused-ring (bicyclic) bond motifs is 1. The Morgan fingerprint density at radius 3 is 2.45 bits per heavy atom. The molecule has 0 unspecified atom stereocenters. The topological polar surface area (TPSA) is 17.4 Å². The van der Waals surface area contributed by atoms with E-state index in [0.717, 1.165) is 38.5 Å². The molecular formula is C26H34N2O. The number of hydrogen-bond acceptors (Lipinski definition) is 2. The van der Waals surface area contributed by atoms with Crippen molar-refractivity contribution in [2.45, 2.75) is 51.5 Å². The maximum atomic E-state index is 5.88. The van der Waals surface area contributed by atoms with Crippen molar-refractivity contribution >= 4 is 10.9 Å². The highest BCUT2D eigenvalue weighted by Crippen LogP contribution is 2.34. The van der Waals surface area contributed by atoms with Gasteiger partial charge < -0.3 is 9.30 Å². The van der Waals surface area contributed by atoms with E-state index < -0.39 is 0 Å². The first-order valence-corrected chi connectivity index (χ1v) is 11.3. The van der Waals surface area contributed by atoms with Crippen molar-refractivity contribution in [2.24, 2.45) is 0 Å². The molecule has 1 aromatic heterocycles. The predicted octanol–water partition coefficient (Wildman–Crippen LogP) is 6.09. The second-order valence-electron chi connectivity index (χ2n) is 8.28. The summed E-state index contributed by atoms with van der Waals surface area (Å²) in [6, 6.07) is 19.1. The fourth-order valence-corrected chi connectivity index (χ4v) is 4.59. The van der Waals surface area contributed by atoms with Gasteiger partial charge in [-0.15, -0.1) is 0 Å². The van der Waals surface area contributed by atoms with Crippen LogP contribution in [0, 0.1) is 0 Å². The monoisotopic (exact) mass is 390 g/mol. The average molecular weight is 391 g/mol. The van der Waals surface area contributed by atoms with Crippen LogP contribution in [-0.2, 0) is 6.54 Å². The van der Waals surface area contributed by atoms with E-state index in [2.05, 4.69) is 46.9 Å². The molecule has 1 aliphatic heterocycles. The zero-order chi connectivity index (χ0) is 19.9. The molecule has 3 heteroatoms. The molecule has 0 spiro atoms. The summed E-state index contributed by atoms with van der Waals surface area (Å²) >= 11 is 0. The molecule has 1 saturated heterocycles. The Kier molecular flexibility index (Phi) is 6.89. The third-order valence-electron chi connectivity index (χ3n) is 6.27. The molecular weight excluding hydrogens is 356 g/mol. The number of nitrogens with zero attached hydrogens (tertiary/aromatic N) is 2. The fraction of sp³-hybridized carbons (Fsp3) is 0.462. The van der Waals surface area contributed by atoms with Crippen LogP contribution in [0.3, 0.4) is 0 Å². The number of aryl methyl sites for hydroxylation is 1. The predicted molar refractivity (Wildman–Crippen MR) is 122 cm³/mol. The number of ether oxygens (including phenoxy) is 1. The number of unbranched alkanes of at least 4 members (excludes halogenated alkanes) is 2. The molecule has 0 bridgehead atoms. The van der Waals surface area contributed by atoms with Crippen LogP contribution >= 0.6 is 0 Å². The van der Waals surface area contributed by atoms with Gasteiger partial charge in [-0.2, -0.15) is 0 Å². The molecule has 0 amide bonds. The van der Waals surface area contributed by atoms with Gasteiger partial charge in [-0.3, -0.25) is 4.90 Å². The Bertz CT molecular complexity index is 878. The van der Waals surface area contributed by atoms with Gasteiger partial charge in [-0.05, 0) is 62.0 Å². The van der Waals surface area contributed by atoms with Gasteiger partial charge in [-0.25, -0.2) is 0 Å². The van der Waals surface area contributed by atoms with Gasteiger partial charge in [0, 0.05) is 30.2 Å². The molecule has 154 valence electrons. The Hall–Kier alpha value is -2.26. The Morgan fingerprint density at radius 2 is 1.66 bits per heavy atom. The number of likely N-dealkylation sites (tertiary alicyclic amines) is 1. The average Bonchev–Trinajstić information content (AvgIpc) is 3.14. The van der Waals surface area contributed by atoms with E-state index in [1.54, 1.807) is 5.56 Å². The van der Waals surface area contributed by atoms with Gasteiger partial charge in [0.05, 0.1) is 0 Å². The van der Waals surface area contributed by atoms with Gasteiger partial charge in [0.15, 0.2) is 0 Å². The number of para-hydroxylation sites is 2. The highest BCUT2D eigenvalue weighted by Gasteiger charge is 2.23. The number of benzene rings is 2. The molecule has 3 nitrogen and oxygen atoms in total. The number of rotatable bonds is 9. The standard InChI is InChI=1S/C26H34N2O/c1-2-3-9-16-28-21-25(24-12-7-8-13-26(24)28)22-14-17-27(18-15-22)19-20-29-23-10-5-4-6-11-23/h4-8,10-13,21-22H,2-3,9,14-20H2,1H3. The molecule has 0 radical (unpaired) electrons. The van der Waals surface area contributed by atoms with E-state index in [-0.39, 0.29) is 0 Å². The van der Waals surface area contributed by atoms with Crippen LogP contribution in [0.4, 0.5) is 0 Å². The van der Waals surface area contributed by atoms with Crippen molar-refractivity contribution in [3.8, 4) is 5.75 Å². The van der Waals surface area contributed by atoms with Gasteiger partial charge in [-0.1, -0.05) is 56.2 Å². The van der Waals surface area contributed by atoms with E-state index in [9.17, 15) is 0 Å². The third kappa shape index (κ3) is 5.02. The molecule has 0 N–H and O–H groups in total. The minimum atomic E-state index is 0.679. The highest BCUT2D eigenvalue weighted by atomic mass is 16.5. The molecule has 0 saturated carbocycles. The van der Waals surface area contributed by atoms with Gasteiger partial charge in [0.1, 0.15) is 12.4 Å². The Morgan fingerprint density at radius 1 is 0.897 bits per heavy atom. The SMILES string of the molecule is CCCCCn1cc(C2CCN(CCOc3ccccc3)CC2)c2ccccc21. The van der Waals surface area contributed by atoms with Crippen LogP contribution in [0.5, 0.6) is 5.75 Å². The van der Waals surface area contributed by atoms with Crippen molar-refractivity contribution in [3.05, 3.63) is 66.4 Å². The van der Waals surface area contributed by atoms with Crippen LogP contribution in [-0.4, -0.2) is 35.7 Å². The summed E-state index contributed by atoms with van der Waals surface area (Å²) in [5, 5.41) is 1.47. The van der Waals surface area contributed by atoms with Crippen LogP contribution in [0.2, 0.25) is 0 Å². The van der Waals surface area contributed by atoms with Crippen LogP contribution in [0.15, 0.2) is 60.8 Å². The summed E-state index contributed by atoms with van der Waals surface area (Å²) in [5.41, 5.74) is 2.98. The summed E-state index contributed by atoms with van der Waals surface area (Å²) in [6.07, 6.45) is 8.81. The highest BCUT2D eigenvalue weighted by molar-refractivity contribution is 5.84. The Labute approximate surface area is 175 Å². The molecule has 3 aromatic rings. The lowest BCUT2D eigenvalue weighted by atomic mass is 9.89. The molecule has 2 aromatic carbocycles. The van der Waals surface area contributed by atoms with Gasteiger partial charge >= 0.3 is 0 Å². The molecule has 1 fully saturated rings. The van der Waals surface area contributed by atoms with Crippen molar-refractivity contribution in [1.82, 2.24) is 9.47 Å². The largest absolute Gasteiger partial charge is 0.492 e. The third-order valence-corrected chi connectivity index (χ3v) is 6.27. The van der Waals surface area contributed by atoms with E-state index in [1.165, 1.54) is 43.0 Å². The number of hydrogen-bond donors (Lipinski definition) is 0. The maximum absolute atomic E-state index is 5.88. The van der Waals surface area contributed by atoms with Crippen molar-refractivity contribution in [3.63, 3.8) is 0 Å². The van der Waals surface area contributed by atoms with Crippen LogP contribution in [0.1, 0.15) is 50.5 Å². The zero-order valence-corrected chi connectivity index (χ0v) is 17.7. The van der Waals surface area contributed by atoms with Crippen molar-refractivity contribution in [2.75, 3.05) is 26.2 Å². The van der Waals surface area contributed by atoms with Crippen molar-refractivity contribution in [1.29, 1.82) is 0 Å². The normalized spacial score (nSPS) is 15.8.